The number of nitrogens with one attached hydrogen (secondary N) is 1. The van der Waals surface area contributed by atoms with Crippen LogP contribution in [0.2, 0.25) is 0 Å². The minimum Gasteiger partial charge on any atom is -0.247 e. The first-order valence-corrected chi connectivity index (χ1v) is 18.8. The number of hydrogen-bond acceptors (Lipinski definition) is 0. The van der Waals surface area contributed by atoms with Crippen LogP contribution in [0.5, 0.6) is 0 Å². The topological polar surface area (TPSA) is 19.7 Å². The number of aromatic amines is 1. The molecular formula is C38H75N2+. The van der Waals surface area contributed by atoms with Crippen LogP contribution in [0.3, 0.4) is 0 Å². The molecule has 0 amide bonds. The molecule has 0 aliphatic rings. The Morgan fingerprint density at radius 3 is 1.25 bits per heavy atom. The van der Waals surface area contributed by atoms with Crippen molar-refractivity contribution >= 4 is 0 Å². The third kappa shape index (κ3) is 20.1. The first-order chi connectivity index (χ1) is 19.7. The van der Waals surface area contributed by atoms with Crippen LogP contribution in [0.4, 0.5) is 0 Å². The molecule has 1 aromatic rings. The molecule has 0 saturated heterocycles. The van der Waals surface area contributed by atoms with Gasteiger partial charge in [0.1, 0.15) is 12.4 Å². The third-order valence-electron chi connectivity index (χ3n) is 9.39. The molecule has 0 saturated carbocycles. The van der Waals surface area contributed by atoms with E-state index in [1.54, 1.807) is 0 Å². The van der Waals surface area contributed by atoms with Crippen LogP contribution in [0.1, 0.15) is 232 Å². The summed E-state index contributed by atoms with van der Waals surface area (Å²) in [6.45, 7) is 9.42. The summed E-state index contributed by atoms with van der Waals surface area (Å²) in [6, 6.07) is 0.621. The summed E-state index contributed by atoms with van der Waals surface area (Å²) < 4.78 is 2.61. The number of rotatable bonds is 31. The van der Waals surface area contributed by atoms with Crippen molar-refractivity contribution in [2.24, 2.45) is 0 Å². The number of unbranched alkanes of at least 4 members (excludes halogenated alkanes) is 23. The van der Waals surface area contributed by atoms with E-state index < -0.39 is 0 Å². The largest absolute Gasteiger partial charge is 0.257 e. The van der Waals surface area contributed by atoms with Gasteiger partial charge in [0.05, 0.1) is 12.0 Å². The zero-order valence-corrected chi connectivity index (χ0v) is 28.3. The van der Waals surface area contributed by atoms with E-state index in [4.69, 9.17) is 0 Å². The van der Waals surface area contributed by atoms with Crippen LogP contribution in [0, 0.1) is 0 Å². The van der Waals surface area contributed by atoms with Crippen molar-refractivity contribution in [3.8, 4) is 0 Å². The van der Waals surface area contributed by atoms with Crippen LogP contribution in [-0.2, 0) is 0 Å². The highest BCUT2D eigenvalue weighted by atomic mass is 15.1. The van der Waals surface area contributed by atoms with Crippen LogP contribution in [0.25, 0.3) is 0 Å². The smallest absolute Gasteiger partial charge is 0.247 e. The Morgan fingerprint density at radius 2 is 0.825 bits per heavy atom. The average molecular weight is 560 g/mol. The lowest BCUT2D eigenvalue weighted by Gasteiger charge is -2.17. The SMILES string of the molecule is CCCCCCCCCCCCCCCCC(CCCC)c1[nH]cc[n+]1C(C)CCCCCCCCCCCC. The Morgan fingerprint density at radius 1 is 0.475 bits per heavy atom. The molecule has 1 heterocycles. The lowest BCUT2D eigenvalue weighted by Crippen LogP contribution is -2.41. The van der Waals surface area contributed by atoms with Crippen LogP contribution < -0.4 is 4.57 Å². The van der Waals surface area contributed by atoms with Gasteiger partial charge in [-0.3, -0.25) is 0 Å². The molecule has 0 aromatic carbocycles. The van der Waals surface area contributed by atoms with Crippen molar-refractivity contribution in [3.63, 3.8) is 0 Å². The molecule has 236 valence electrons. The summed E-state index contributed by atoms with van der Waals surface area (Å²) in [7, 11) is 0. The van der Waals surface area contributed by atoms with Crippen LogP contribution >= 0.6 is 0 Å². The zero-order chi connectivity index (χ0) is 28.9. The summed E-state index contributed by atoms with van der Waals surface area (Å²) in [5, 5.41) is 0. The zero-order valence-electron chi connectivity index (χ0n) is 28.3. The van der Waals surface area contributed by atoms with Gasteiger partial charge in [-0.2, -0.15) is 0 Å². The number of imidazole rings is 1. The number of aromatic nitrogens is 2. The van der Waals surface area contributed by atoms with Gasteiger partial charge in [0.15, 0.2) is 0 Å². The predicted molar refractivity (Wildman–Crippen MR) is 179 cm³/mol. The highest BCUT2D eigenvalue weighted by molar-refractivity contribution is 4.90. The van der Waals surface area contributed by atoms with E-state index in [0.29, 0.717) is 12.0 Å². The monoisotopic (exact) mass is 560 g/mol. The van der Waals surface area contributed by atoms with Crippen molar-refractivity contribution in [3.05, 3.63) is 18.2 Å². The first-order valence-electron chi connectivity index (χ1n) is 18.8. The molecule has 0 aliphatic heterocycles. The lowest BCUT2D eigenvalue weighted by atomic mass is 9.93. The van der Waals surface area contributed by atoms with Gasteiger partial charge in [0.25, 0.3) is 5.82 Å². The molecule has 0 fully saturated rings. The van der Waals surface area contributed by atoms with Gasteiger partial charge in [-0.15, -0.1) is 0 Å². The van der Waals surface area contributed by atoms with Gasteiger partial charge in [0, 0.05) is 0 Å². The molecule has 2 atom stereocenters. The molecule has 1 rings (SSSR count). The summed E-state index contributed by atoms with van der Waals surface area (Å²) in [5.41, 5.74) is 0. The summed E-state index contributed by atoms with van der Waals surface area (Å²) >= 11 is 0. The Kier molecular flexibility index (Phi) is 26.4. The van der Waals surface area contributed by atoms with E-state index in [1.807, 2.05) is 0 Å². The number of hydrogen-bond donors (Lipinski definition) is 1. The molecule has 1 aromatic heterocycles. The Balaban J connectivity index is 2.21. The molecule has 40 heavy (non-hydrogen) atoms. The van der Waals surface area contributed by atoms with E-state index in [2.05, 4.69) is 49.6 Å². The maximum Gasteiger partial charge on any atom is 0.257 e. The molecule has 0 spiro atoms. The maximum absolute atomic E-state index is 3.70. The van der Waals surface area contributed by atoms with Crippen molar-refractivity contribution in [2.75, 3.05) is 0 Å². The minimum absolute atomic E-state index is 0.621. The van der Waals surface area contributed by atoms with Gasteiger partial charge in [0.2, 0.25) is 0 Å². The van der Waals surface area contributed by atoms with Gasteiger partial charge in [-0.05, 0) is 32.6 Å². The minimum atomic E-state index is 0.621. The molecule has 2 heteroatoms. The van der Waals surface area contributed by atoms with Gasteiger partial charge >= 0.3 is 0 Å². The molecule has 2 nitrogen and oxygen atoms in total. The van der Waals surface area contributed by atoms with E-state index >= 15 is 0 Å². The molecular weight excluding hydrogens is 484 g/mol. The molecule has 1 N–H and O–H groups in total. The fourth-order valence-corrected chi connectivity index (χ4v) is 6.59. The second-order valence-electron chi connectivity index (χ2n) is 13.3. The summed E-state index contributed by atoms with van der Waals surface area (Å²) in [5.74, 6) is 2.23. The molecule has 2 unspecified atom stereocenters. The molecule has 0 bridgehead atoms. The standard InChI is InChI=1S/C38H74N2/c1-5-8-11-13-15-17-19-20-21-22-24-26-28-30-33-37(32-10-7-3)38-39-34-35-40(38)36(4)31-29-27-25-23-18-16-14-12-9-6-2/h34-37H,5-33H2,1-4H3/p+1. The van der Waals surface area contributed by atoms with E-state index in [0.717, 1.165) is 0 Å². The number of nitrogens with zero attached hydrogens (tertiary/aromatic N) is 1. The van der Waals surface area contributed by atoms with Gasteiger partial charge in [-0.1, -0.05) is 181 Å². The fraction of sp³-hybridized carbons (Fsp3) is 0.921. The highest BCUT2D eigenvalue weighted by Gasteiger charge is 2.25. The molecule has 0 aliphatic carbocycles. The quantitative estimate of drug-likeness (QED) is 0.0689. The third-order valence-corrected chi connectivity index (χ3v) is 9.39. The van der Waals surface area contributed by atoms with Crippen molar-refractivity contribution < 1.29 is 4.57 Å². The fourth-order valence-electron chi connectivity index (χ4n) is 6.59. The Bertz CT molecular complexity index is 621. The Hall–Kier alpha value is -0.790. The second kappa shape index (κ2) is 28.3. The maximum atomic E-state index is 3.70. The van der Waals surface area contributed by atoms with E-state index in [1.165, 1.54) is 192 Å². The second-order valence-corrected chi connectivity index (χ2v) is 13.3. The van der Waals surface area contributed by atoms with Crippen molar-refractivity contribution in [1.82, 2.24) is 4.98 Å². The molecule has 0 radical (unpaired) electrons. The lowest BCUT2D eigenvalue weighted by molar-refractivity contribution is -0.727. The van der Waals surface area contributed by atoms with E-state index in [9.17, 15) is 0 Å². The van der Waals surface area contributed by atoms with Crippen molar-refractivity contribution in [2.45, 2.75) is 226 Å². The van der Waals surface area contributed by atoms with Crippen molar-refractivity contribution in [1.29, 1.82) is 0 Å². The van der Waals surface area contributed by atoms with E-state index in [-0.39, 0.29) is 0 Å². The highest BCUT2D eigenvalue weighted by Crippen LogP contribution is 2.27. The van der Waals surface area contributed by atoms with Gasteiger partial charge < -0.3 is 0 Å². The summed E-state index contributed by atoms with van der Waals surface area (Å²) in [6.07, 6.45) is 45.8. The van der Waals surface area contributed by atoms with Crippen LogP contribution in [0.15, 0.2) is 12.4 Å². The first kappa shape index (κ1) is 37.2. The predicted octanol–water partition coefficient (Wildman–Crippen LogP) is 13.3. The van der Waals surface area contributed by atoms with Crippen LogP contribution in [-0.4, -0.2) is 4.98 Å². The normalized spacial score (nSPS) is 13.2. The van der Waals surface area contributed by atoms with Gasteiger partial charge in [-0.25, -0.2) is 9.55 Å². The Labute approximate surface area is 253 Å². The summed E-state index contributed by atoms with van der Waals surface area (Å²) in [4.78, 5) is 3.70. The number of H-pyrrole nitrogens is 1. The average Bonchev–Trinajstić information content (AvgIpc) is 3.46.